The first-order valence-electron chi connectivity index (χ1n) is 11.0. The summed E-state index contributed by atoms with van der Waals surface area (Å²) >= 11 is 0. The smallest absolute Gasteiger partial charge is 0.290 e. The second-order valence-corrected chi connectivity index (χ2v) is 7.96. The number of rotatable bonds is 9. The van der Waals surface area contributed by atoms with Gasteiger partial charge in [-0.25, -0.2) is 0 Å². The van der Waals surface area contributed by atoms with Gasteiger partial charge >= 0.3 is 0 Å². The average molecular weight is 453 g/mol. The molecule has 2 aromatic heterocycles. The summed E-state index contributed by atoms with van der Waals surface area (Å²) in [7, 11) is 3.04. The Labute approximate surface area is 192 Å². The normalized spacial score (nSPS) is 14.6. The molecular weight excluding hydrogens is 424 g/mol. The van der Waals surface area contributed by atoms with Crippen LogP contribution in [0.1, 0.15) is 53.6 Å². The number of nitrogens with zero attached hydrogens (tertiary/aromatic N) is 1. The average Bonchev–Trinajstić information content (AvgIpc) is 3.62. The molecule has 2 amide bonds. The first-order valence-corrected chi connectivity index (χ1v) is 11.0. The van der Waals surface area contributed by atoms with Gasteiger partial charge in [-0.3, -0.25) is 9.59 Å². The van der Waals surface area contributed by atoms with Crippen LogP contribution in [-0.2, 0) is 11.3 Å². The van der Waals surface area contributed by atoms with Gasteiger partial charge in [0.15, 0.2) is 17.3 Å². The molecule has 0 aliphatic heterocycles. The fraction of sp³-hybridized carbons (Fsp3) is 0.360. The van der Waals surface area contributed by atoms with Gasteiger partial charge in [-0.2, -0.15) is 0 Å². The van der Waals surface area contributed by atoms with Crippen molar-refractivity contribution in [3.05, 3.63) is 72.1 Å². The van der Waals surface area contributed by atoms with Gasteiger partial charge in [0.25, 0.3) is 5.91 Å². The number of furan rings is 2. The van der Waals surface area contributed by atoms with E-state index in [2.05, 4.69) is 5.32 Å². The molecule has 0 radical (unpaired) electrons. The van der Waals surface area contributed by atoms with Crippen LogP contribution in [0.5, 0.6) is 11.5 Å². The third kappa shape index (κ3) is 4.89. The molecule has 1 N–H and O–H groups in total. The van der Waals surface area contributed by atoms with Crippen molar-refractivity contribution in [3.8, 4) is 11.5 Å². The lowest BCUT2D eigenvalue weighted by molar-refractivity contribution is -0.127. The monoisotopic (exact) mass is 452 g/mol. The molecule has 1 saturated carbocycles. The molecule has 3 aromatic rings. The van der Waals surface area contributed by atoms with Crippen molar-refractivity contribution < 1.29 is 27.9 Å². The van der Waals surface area contributed by atoms with Gasteiger partial charge in [0.05, 0.1) is 33.3 Å². The number of methoxy groups -OCH3 is 2. The number of carbonyl (C=O) groups is 2. The molecule has 0 spiro atoms. The minimum absolute atomic E-state index is 0.0651. The molecule has 1 fully saturated rings. The topological polar surface area (TPSA) is 94.2 Å². The van der Waals surface area contributed by atoms with E-state index < -0.39 is 11.9 Å². The Kier molecular flexibility index (Phi) is 7.02. The zero-order valence-corrected chi connectivity index (χ0v) is 18.8. The minimum Gasteiger partial charge on any atom is -0.493 e. The first kappa shape index (κ1) is 22.5. The van der Waals surface area contributed by atoms with Crippen LogP contribution in [0.15, 0.2) is 63.8 Å². The maximum Gasteiger partial charge on any atom is 0.290 e. The second kappa shape index (κ2) is 10.3. The zero-order valence-electron chi connectivity index (χ0n) is 18.8. The molecule has 1 aliphatic rings. The fourth-order valence-corrected chi connectivity index (χ4v) is 4.32. The highest BCUT2D eigenvalue weighted by Gasteiger charge is 2.37. The lowest BCUT2D eigenvalue weighted by atomic mass is 10.0. The summed E-state index contributed by atoms with van der Waals surface area (Å²) in [6.07, 6.45) is 6.93. The summed E-state index contributed by atoms with van der Waals surface area (Å²) in [6.45, 7) is 0.0651. The van der Waals surface area contributed by atoms with Gasteiger partial charge in [0, 0.05) is 11.6 Å². The SMILES string of the molecule is COc1cccc([C@@H](C(=O)NC2CCCC2)N(Cc2ccco2)C(=O)c2ccco2)c1OC. The summed E-state index contributed by atoms with van der Waals surface area (Å²) in [5.74, 6) is 0.797. The summed E-state index contributed by atoms with van der Waals surface area (Å²) in [4.78, 5) is 28.8. The quantitative estimate of drug-likeness (QED) is 0.519. The lowest BCUT2D eigenvalue weighted by Crippen LogP contribution is -2.46. The number of carbonyl (C=O) groups excluding carboxylic acids is 2. The third-order valence-electron chi connectivity index (χ3n) is 5.89. The summed E-state index contributed by atoms with van der Waals surface area (Å²) in [5, 5.41) is 3.14. The van der Waals surface area contributed by atoms with Crippen LogP contribution in [0.3, 0.4) is 0 Å². The van der Waals surface area contributed by atoms with Crippen LogP contribution < -0.4 is 14.8 Å². The Morgan fingerprint density at radius 1 is 1.03 bits per heavy atom. The molecule has 0 unspecified atom stereocenters. The van der Waals surface area contributed by atoms with E-state index in [-0.39, 0.29) is 24.3 Å². The maximum atomic E-state index is 13.7. The summed E-state index contributed by atoms with van der Waals surface area (Å²) < 4.78 is 22.0. The highest BCUT2D eigenvalue weighted by Crippen LogP contribution is 2.38. The Morgan fingerprint density at radius 3 is 2.42 bits per heavy atom. The maximum absolute atomic E-state index is 13.7. The zero-order chi connectivity index (χ0) is 23.2. The molecule has 33 heavy (non-hydrogen) atoms. The molecular formula is C25H28N2O6. The number of nitrogens with one attached hydrogen (secondary N) is 1. The van der Waals surface area contributed by atoms with Crippen LogP contribution in [0.4, 0.5) is 0 Å². The van der Waals surface area contributed by atoms with E-state index in [0.29, 0.717) is 22.8 Å². The first-order chi connectivity index (χ1) is 16.1. The molecule has 174 valence electrons. The van der Waals surface area contributed by atoms with Crippen molar-refractivity contribution >= 4 is 11.8 Å². The molecule has 8 heteroatoms. The van der Waals surface area contributed by atoms with Gasteiger partial charge in [-0.05, 0) is 43.2 Å². The Hall–Kier alpha value is -3.68. The molecule has 4 rings (SSSR count). The lowest BCUT2D eigenvalue weighted by Gasteiger charge is -2.32. The minimum atomic E-state index is -1.00. The number of hydrogen-bond donors (Lipinski definition) is 1. The number of benzene rings is 1. The van der Waals surface area contributed by atoms with E-state index in [1.54, 1.807) is 42.5 Å². The number of para-hydroxylation sites is 1. The predicted octanol–water partition coefficient (Wildman–Crippen LogP) is 4.33. The Balaban J connectivity index is 1.80. The van der Waals surface area contributed by atoms with Crippen LogP contribution in [-0.4, -0.2) is 37.0 Å². The van der Waals surface area contributed by atoms with Gasteiger partial charge < -0.3 is 28.5 Å². The number of hydrogen-bond acceptors (Lipinski definition) is 6. The standard InChI is InChI=1S/C25H28N2O6/c1-30-20-12-5-11-19(23(20)31-2)22(24(28)26-17-8-3-4-9-17)27(16-18-10-6-14-32-18)25(29)21-13-7-15-33-21/h5-7,10-15,17,22H,3-4,8-9,16H2,1-2H3,(H,26,28)/t22-/m0/s1. The van der Waals surface area contributed by atoms with Crippen molar-refractivity contribution in [1.29, 1.82) is 0 Å². The highest BCUT2D eigenvalue weighted by atomic mass is 16.5. The van der Waals surface area contributed by atoms with Crippen molar-refractivity contribution in [1.82, 2.24) is 10.2 Å². The van der Waals surface area contributed by atoms with Crippen LogP contribution in [0, 0.1) is 0 Å². The van der Waals surface area contributed by atoms with Crippen LogP contribution in [0.25, 0.3) is 0 Å². The Bertz CT molecular complexity index is 1050. The van der Waals surface area contributed by atoms with E-state index >= 15 is 0 Å². The van der Waals surface area contributed by atoms with Gasteiger partial charge in [-0.1, -0.05) is 25.0 Å². The van der Waals surface area contributed by atoms with E-state index in [1.165, 1.54) is 31.6 Å². The second-order valence-electron chi connectivity index (χ2n) is 7.96. The predicted molar refractivity (Wildman–Crippen MR) is 120 cm³/mol. The van der Waals surface area contributed by atoms with Gasteiger partial charge in [0.2, 0.25) is 5.91 Å². The number of amides is 2. The summed E-state index contributed by atoms with van der Waals surface area (Å²) in [5.41, 5.74) is 0.513. The largest absolute Gasteiger partial charge is 0.493 e. The molecule has 0 bridgehead atoms. The summed E-state index contributed by atoms with van der Waals surface area (Å²) in [6, 6.07) is 11.1. The van der Waals surface area contributed by atoms with E-state index in [9.17, 15) is 9.59 Å². The molecule has 8 nitrogen and oxygen atoms in total. The fourth-order valence-electron chi connectivity index (χ4n) is 4.32. The van der Waals surface area contributed by atoms with Crippen molar-refractivity contribution in [2.75, 3.05) is 14.2 Å². The van der Waals surface area contributed by atoms with Crippen LogP contribution in [0.2, 0.25) is 0 Å². The molecule has 1 aliphatic carbocycles. The van der Waals surface area contributed by atoms with E-state index in [1.807, 2.05) is 0 Å². The molecule has 0 saturated heterocycles. The van der Waals surface area contributed by atoms with Crippen molar-refractivity contribution in [2.24, 2.45) is 0 Å². The van der Waals surface area contributed by atoms with E-state index in [0.717, 1.165) is 25.7 Å². The van der Waals surface area contributed by atoms with Crippen molar-refractivity contribution in [2.45, 2.75) is 44.3 Å². The van der Waals surface area contributed by atoms with Crippen molar-refractivity contribution in [3.63, 3.8) is 0 Å². The van der Waals surface area contributed by atoms with Gasteiger partial charge in [0.1, 0.15) is 11.8 Å². The molecule has 1 atom stereocenters. The molecule has 1 aromatic carbocycles. The van der Waals surface area contributed by atoms with Gasteiger partial charge in [-0.15, -0.1) is 0 Å². The highest BCUT2D eigenvalue weighted by molar-refractivity contribution is 5.96. The molecule has 2 heterocycles. The van der Waals surface area contributed by atoms with Crippen LogP contribution >= 0.6 is 0 Å². The third-order valence-corrected chi connectivity index (χ3v) is 5.89. The van der Waals surface area contributed by atoms with E-state index in [4.69, 9.17) is 18.3 Å². The Morgan fingerprint density at radius 2 is 1.79 bits per heavy atom. The number of ether oxygens (including phenoxy) is 2.